The van der Waals surface area contributed by atoms with Crippen LogP contribution in [0.1, 0.15) is 12.0 Å². The number of nitrogens with zero attached hydrogens (tertiary/aromatic N) is 5. The molecule has 3 heterocycles. The van der Waals surface area contributed by atoms with Gasteiger partial charge in [0, 0.05) is 45.5 Å². The predicted molar refractivity (Wildman–Crippen MR) is 132 cm³/mol. The van der Waals surface area contributed by atoms with E-state index in [-0.39, 0.29) is 6.03 Å². The molecule has 4 rings (SSSR count). The molecule has 0 atom stereocenters. The number of hydrogen-bond donors (Lipinski definition) is 2. The molecule has 2 N–H and O–H groups in total. The maximum atomic E-state index is 12.3. The zero-order valence-electron chi connectivity index (χ0n) is 19.0. The first-order valence-electron chi connectivity index (χ1n) is 11.0. The number of urea groups is 1. The Bertz CT molecular complexity index is 1040. The van der Waals surface area contributed by atoms with Gasteiger partial charge in [-0.15, -0.1) is 0 Å². The smallest absolute Gasteiger partial charge is 0.321 e. The number of carbonyl (C=O) groups is 1. The van der Waals surface area contributed by atoms with Gasteiger partial charge in [-0.25, -0.2) is 14.8 Å². The van der Waals surface area contributed by atoms with E-state index in [4.69, 9.17) is 4.98 Å². The van der Waals surface area contributed by atoms with Crippen LogP contribution in [0.4, 0.5) is 21.4 Å². The van der Waals surface area contributed by atoms with Crippen molar-refractivity contribution >= 4 is 44.4 Å². The summed E-state index contributed by atoms with van der Waals surface area (Å²) in [7, 11) is 4.15. The van der Waals surface area contributed by atoms with Crippen molar-refractivity contribution in [3.05, 3.63) is 42.0 Å². The molecule has 0 aliphatic carbocycles. The van der Waals surface area contributed by atoms with E-state index in [1.807, 2.05) is 24.1 Å². The van der Waals surface area contributed by atoms with Crippen LogP contribution in [0.25, 0.3) is 10.3 Å². The minimum Gasteiger partial charge on any atom is -0.338 e. The van der Waals surface area contributed by atoms with Gasteiger partial charge in [-0.2, -0.15) is 0 Å². The van der Waals surface area contributed by atoms with Gasteiger partial charge < -0.3 is 20.0 Å². The highest BCUT2D eigenvalue weighted by atomic mass is 32.1. The van der Waals surface area contributed by atoms with E-state index in [1.165, 1.54) is 16.9 Å². The number of aromatic nitrogens is 2. The number of rotatable bonds is 7. The van der Waals surface area contributed by atoms with Crippen molar-refractivity contribution in [2.24, 2.45) is 0 Å². The van der Waals surface area contributed by atoms with Gasteiger partial charge in [0.05, 0.1) is 0 Å². The Labute approximate surface area is 193 Å². The topological polar surface area (TPSA) is 76.6 Å². The first-order chi connectivity index (χ1) is 15.5. The second-order valence-electron chi connectivity index (χ2n) is 8.29. The Kier molecular flexibility index (Phi) is 7.19. The number of hydrogen-bond acceptors (Lipinski definition) is 7. The number of benzene rings is 1. The summed E-state index contributed by atoms with van der Waals surface area (Å²) in [5.41, 5.74) is 3.07. The van der Waals surface area contributed by atoms with E-state index in [9.17, 15) is 4.79 Å². The molecule has 8 nitrogen and oxygen atoms in total. The van der Waals surface area contributed by atoms with Gasteiger partial charge in [-0.3, -0.25) is 5.32 Å². The van der Waals surface area contributed by atoms with Crippen molar-refractivity contribution in [2.45, 2.75) is 13.3 Å². The third-order valence-electron chi connectivity index (χ3n) is 5.76. The quantitative estimate of drug-likeness (QED) is 0.533. The van der Waals surface area contributed by atoms with Gasteiger partial charge in [-0.05, 0) is 51.2 Å². The van der Waals surface area contributed by atoms with Crippen LogP contribution < -0.4 is 15.5 Å². The number of piperazine rings is 1. The fourth-order valence-electron chi connectivity index (χ4n) is 3.67. The summed E-state index contributed by atoms with van der Waals surface area (Å²) in [6, 6.07) is 12.0. The van der Waals surface area contributed by atoms with E-state index in [2.05, 4.69) is 63.7 Å². The molecule has 1 aromatic carbocycles. The molecule has 2 aromatic heterocycles. The lowest BCUT2D eigenvalue weighted by molar-refractivity contribution is 0.153. The van der Waals surface area contributed by atoms with Crippen LogP contribution in [0.5, 0.6) is 0 Å². The third kappa shape index (κ3) is 5.73. The third-order valence-corrected chi connectivity index (χ3v) is 6.64. The molecule has 0 radical (unpaired) electrons. The molecule has 2 amide bonds. The summed E-state index contributed by atoms with van der Waals surface area (Å²) in [6.45, 7) is 8.15. The summed E-state index contributed by atoms with van der Waals surface area (Å²) in [5, 5.41) is 6.33. The number of pyridine rings is 1. The van der Waals surface area contributed by atoms with E-state index in [1.54, 1.807) is 0 Å². The van der Waals surface area contributed by atoms with Crippen molar-refractivity contribution in [3.8, 4) is 0 Å². The van der Waals surface area contributed by atoms with Crippen LogP contribution in [0.3, 0.4) is 0 Å². The first-order valence-corrected chi connectivity index (χ1v) is 11.8. The zero-order valence-corrected chi connectivity index (χ0v) is 19.8. The Balaban J connectivity index is 1.28. The summed E-state index contributed by atoms with van der Waals surface area (Å²) < 4.78 is 0. The second kappa shape index (κ2) is 10.2. The molecule has 170 valence electrons. The van der Waals surface area contributed by atoms with E-state index >= 15 is 0 Å². The van der Waals surface area contributed by atoms with Crippen LogP contribution in [0.15, 0.2) is 36.4 Å². The lowest BCUT2D eigenvalue weighted by Crippen LogP contribution is -2.45. The molecule has 1 aliphatic rings. The number of thiazole rings is 1. The standard InChI is InChI=1S/C23H31N7OS/c1-17-5-7-18(8-6-17)29(3)20-10-9-19-21(26-20)32-23(25-19)27-22(31)24-11-4-12-30-15-13-28(2)14-16-30/h5-10H,4,11-16H2,1-3H3,(H2,24,25,27,31). The maximum Gasteiger partial charge on any atom is 0.321 e. The molecular formula is C23H31N7OS. The zero-order chi connectivity index (χ0) is 22.5. The molecular weight excluding hydrogens is 422 g/mol. The van der Waals surface area contributed by atoms with Crippen molar-refractivity contribution in [3.63, 3.8) is 0 Å². The number of amides is 2. The number of anilines is 3. The Morgan fingerprint density at radius 3 is 2.59 bits per heavy atom. The molecule has 1 fully saturated rings. The summed E-state index contributed by atoms with van der Waals surface area (Å²) in [6.07, 6.45) is 0.938. The first kappa shape index (κ1) is 22.4. The monoisotopic (exact) mass is 453 g/mol. The minimum atomic E-state index is -0.223. The molecule has 9 heteroatoms. The molecule has 0 unspecified atom stereocenters. The fraction of sp³-hybridized carbons (Fsp3) is 0.435. The lowest BCUT2D eigenvalue weighted by Gasteiger charge is -2.32. The van der Waals surface area contributed by atoms with Crippen LogP contribution in [-0.2, 0) is 0 Å². The van der Waals surface area contributed by atoms with Gasteiger partial charge in [-0.1, -0.05) is 29.0 Å². The highest BCUT2D eigenvalue weighted by Crippen LogP contribution is 2.29. The number of carbonyl (C=O) groups excluding carboxylic acids is 1. The van der Waals surface area contributed by atoms with E-state index < -0.39 is 0 Å². The normalized spacial score (nSPS) is 15.1. The fourth-order valence-corrected chi connectivity index (χ4v) is 4.49. The van der Waals surface area contributed by atoms with Crippen molar-refractivity contribution in [2.75, 3.05) is 63.6 Å². The van der Waals surface area contributed by atoms with Gasteiger partial charge in [0.15, 0.2) is 5.13 Å². The molecule has 1 saturated heterocycles. The largest absolute Gasteiger partial charge is 0.338 e. The van der Waals surface area contributed by atoms with Crippen molar-refractivity contribution in [1.82, 2.24) is 25.1 Å². The van der Waals surface area contributed by atoms with Crippen LogP contribution >= 0.6 is 11.3 Å². The van der Waals surface area contributed by atoms with Crippen LogP contribution in [-0.4, -0.2) is 79.2 Å². The van der Waals surface area contributed by atoms with Crippen molar-refractivity contribution < 1.29 is 4.79 Å². The van der Waals surface area contributed by atoms with Gasteiger partial charge >= 0.3 is 6.03 Å². The second-order valence-corrected chi connectivity index (χ2v) is 9.26. The maximum absolute atomic E-state index is 12.3. The summed E-state index contributed by atoms with van der Waals surface area (Å²) in [4.78, 5) is 29.1. The highest BCUT2D eigenvalue weighted by molar-refractivity contribution is 7.22. The van der Waals surface area contributed by atoms with Crippen LogP contribution in [0, 0.1) is 6.92 Å². The molecule has 0 spiro atoms. The molecule has 32 heavy (non-hydrogen) atoms. The molecule has 0 saturated carbocycles. The minimum absolute atomic E-state index is 0.223. The predicted octanol–water partition coefficient (Wildman–Crippen LogP) is 3.53. The summed E-state index contributed by atoms with van der Waals surface area (Å²) in [5.74, 6) is 0.838. The SMILES string of the molecule is Cc1ccc(N(C)c2ccc3nc(NC(=O)NCCCN4CCN(C)CC4)sc3n2)cc1. The average Bonchev–Trinajstić information content (AvgIpc) is 3.19. The number of likely N-dealkylation sites (N-methyl/N-ethyl adjacent to an activating group) is 1. The average molecular weight is 454 g/mol. The van der Waals surface area contributed by atoms with Gasteiger partial charge in [0.2, 0.25) is 0 Å². The van der Waals surface area contributed by atoms with Gasteiger partial charge in [0.1, 0.15) is 16.2 Å². The lowest BCUT2D eigenvalue weighted by atomic mass is 10.2. The van der Waals surface area contributed by atoms with Crippen molar-refractivity contribution in [1.29, 1.82) is 0 Å². The molecule has 1 aliphatic heterocycles. The highest BCUT2D eigenvalue weighted by Gasteiger charge is 2.14. The van der Waals surface area contributed by atoms with Crippen LogP contribution in [0.2, 0.25) is 0 Å². The van der Waals surface area contributed by atoms with E-state index in [0.29, 0.717) is 11.7 Å². The Morgan fingerprint density at radius 1 is 1.09 bits per heavy atom. The Hall–Kier alpha value is -2.75. The molecule has 0 bridgehead atoms. The Morgan fingerprint density at radius 2 is 1.84 bits per heavy atom. The number of nitrogens with one attached hydrogen (secondary N) is 2. The van der Waals surface area contributed by atoms with Gasteiger partial charge in [0.25, 0.3) is 0 Å². The van der Waals surface area contributed by atoms with E-state index in [0.717, 1.165) is 61.0 Å². The summed E-state index contributed by atoms with van der Waals surface area (Å²) >= 11 is 1.38. The molecule has 3 aromatic rings. The number of fused-ring (bicyclic) bond motifs is 1. The number of aryl methyl sites for hydroxylation is 1.